The zero-order valence-corrected chi connectivity index (χ0v) is 15.2. The number of alkyl carbamates (subject to hydrolysis) is 1. The van der Waals surface area contributed by atoms with Crippen LogP contribution in [0.25, 0.3) is 11.4 Å². The SMILES string of the molecule is CC(C)(C)OC(=O)NC(CO)c1ccc(Cl)c(-c2ncnn2C(F)F)c1. The molecule has 10 heteroatoms. The van der Waals surface area contributed by atoms with Crippen molar-refractivity contribution in [2.75, 3.05) is 6.61 Å². The predicted molar refractivity (Wildman–Crippen MR) is 90.9 cm³/mol. The summed E-state index contributed by atoms with van der Waals surface area (Å²) in [5, 5.41) is 15.8. The van der Waals surface area contributed by atoms with Gasteiger partial charge >= 0.3 is 12.6 Å². The van der Waals surface area contributed by atoms with E-state index in [0.29, 0.717) is 10.2 Å². The van der Waals surface area contributed by atoms with Gasteiger partial charge < -0.3 is 15.2 Å². The van der Waals surface area contributed by atoms with Gasteiger partial charge in [0, 0.05) is 5.56 Å². The van der Waals surface area contributed by atoms with Gasteiger partial charge in [0.05, 0.1) is 17.7 Å². The number of aliphatic hydroxyl groups is 1. The van der Waals surface area contributed by atoms with E-state index in [1.165, 1.54) is 12.1 Å². The Morgan fingerprint density at radius 3 is 2.69 bits per heavy atom. The Morgan fingerprint density at radius 2 is 2.12 bits per heavy atom. The van der Waals surface area contributed by atoms with Crippen molar-refractivity contribution in [2.24, 2.45) is 0 Å². The fraction of sp³-hybridized carbons (Fsp3) is 0.438. The summed E-state index contributed by atoms with van der Waals surface area (Å²) in [5.74, 6) is -0.124. The maximum Gasteiger partial charge on any atom is 0.408 e. The van der Waals surface area contributed by atoms with Crippen LogP contribution >= 0.6 is 11.6 Å². The first-order valence-corrected chi connectivity index (χ1v) is 8.08. The zero-order valence-electron chi connectivity index (χ0n) is 14.4. The molecule has 0 saturated carbocycles. The van der Waals surface area contributed by atoms with Crippen LogP contribution in [0.5, 0.6) is 0 Å². The summed E-state index contributed by atoms with van der Waals surface area (Å²) >= 11 is 6.10. The molecule has 1 amide bonds. The molecule has 2 N–H and O–H groups in total. The van der Waals surface area contributed by atoms with Crippen LogP contribution in [0.4, 0.5) is 13.6 Å². The molecule has 1 heterocycles. The van der Waals surface area contributed by atoms with Crippen molar-refractivity contribution < 1.29 is 23.4 Å². The highest BCUT2D eigenvalue weighted by Gasteiger charge is 2.22. The van der Waals surface area contributed by atoms with E-state index in [4.69, 9.17) is 16.3 Å². The molecule has 1 unspecified atom stereocenters. The molecule has 26 heavy (non-hydrogen) atoms. The highest BCUT2D eigenvalue weighted by molar-refractivity contribution is 6.33. The molecular weight excluding hydrogens is 370 g/mol. The second-order valence-electron chi connectivity index (χ2n) is 6.43. The third-order valence-electron chi connectivity index (χ3n) is 3.27. The molecule has 142 valence electrons. The number of aromatic nitrogens is 3. The number of ether oxygens (including phenoxy) is 1. The van der Waals surface area contributed by atoms with Crippen LogP contribution in [-0.2, 0) is 4.74 Å². The minimum absolute atomic E-state index is 0.124. The average Bonchev–Trinajstić information content (AvgIpc) is 3.01. The first-order valence-electron chi connectivity index (χ1n) is 7.70. The number of rotatable bonds is 5. The smallest absolute Gasteiger partial charge is 0.408 e. The fourth-order valence-corrected chi connectivity index (χ4v) is 2.40. The average molecular weight is 389 g/mol. The molecule has 0 fully saturated rings. The van der Waals surface area contributed by atoms with Crippen LogP contribution in [-0.4, -0.2) is 38.2 Å². The lowest BCUT2D eigenvalue weighted by Gasteiger charge is -2.23. The van der Waals surface area contributed by atoms with Crippen molar-refractivity contribution in [3.63, 3.8) is 0 Å². The molecule has 1 aromatic heterocycles. The Morgan fingerprint density at radius 1 is 1.42 bits per heavy atom. The molecule has 0 bridgehead atoms. The Balaban J connectivity index is 2.32. The number of carbonyl (C=O) groups is 1. The zero-order chi connectivity index (χ0) is 19.5. The number of alkyl halides is 2. The van der Waals surface area contributed by atoms with Crippen LogP contribution < -0.4 is 5.32 Å². The van der Waals surface area contributed by atoms with Gasteiger partial charge in [-0.2, -0.15) is 18.6 Å². The molecule has 0 aliphatic rings. The maximum atomic E-state index is 13.0. The van der Waals surface area contributed by atoms with E-state index >= 15 is 0 Å². The third kappa shape index (κ3) is 4.89. The highest BCUT2D eigenvalue weighted by Crippen LogP contribution is 2.31. The molecule has 0 radical (unpaired) electrons. The van der Waals surface area contributed by atoms with Crippen molar-refractivity contribution in [2.45, 2.75) is 39.0 Å². The van der Waals surface area contributed by atoms with Gasteiger partial charge in [-0.05, 0) is 38.5 Å². The number of hydrogen-bond donors (Lipinski definition) is 2. The number of nitrogens with zero attached hydrogens (tertiary/aromatic N) is 3. The number of amides is 1. The van der Waals surface area contributed by atoms with Gasteiger partial charge in [-0.1, -0.05) is 17.7 Å². The lowest BCUT2D eigenvalue weighted by atomic mass is 10.0. The quantitative estimate of drug-likeness (QED) is 0.817. The van der Waals surface area contributed by atoms with Crippen LogP contribution in [0, 0.1) is 0 Å². The van der Waals surface area contributed by atoms with Gasteiger partial charge in [0.15, 0.2) is 5.82 Å². The van der Waals surface area contributed by atoms with Gasteiger partial charge in [-0.15, -0.1) is 0 Å². The molecule has 2 rings (SSSR count). The summed E-state index contributed by atoms with van der Waals surface area (Å²) in [6, 6.07) is 3.68. The lowest BCUT2D eigenvalue weighted by molar-refractivity contribution is 0.0481. The number of hydrogen-bond acceptors (Lipinski definition) is 5. The van der Waals surface area contributed by atoms with Crippen molar-refractivity contribution in [3.05, 3.63) is 35.1 Å². The Hall–Kier alpha value is -2.26. The number of benzene rings is 1. The lowest BCUT2D eigenvalue weighted by Crippen LogP contribution is -2.36. The van der Waals surface area contributed by atoms with Gasteiger partial charge in [-0.3, -0.25) is 0 Å². The fourth-order valence-electron chi connectivity index (χ4n) is 2.20. The first kappa shape index (κ1) is 20.1. The van der Waals surface area contributed by atoms with E-state index in [-0.39, 0.29) is 16.4 Å². The van der Waals surface area contributed by atoms with E-state index < -0.39 is 30.9 Å². The Bertz CT molecular complexity index is 777. The van der Waals surface area contributed by atoms with Crippen LogP contribution in [0.1, 0.15) is 38.9 Å². The van der Waals surface area contributed by atoms with Crippen LogP contribution in [0.15, 0.2) is 24.5 Å². The van der Waals surface area contributed by atoms with E-state index in [1.807, 2.05) is 0 Å². The van der Waals surface area contributed by atoms with Gasteiger partial charge in [0.25, 0.3) is 0 Å². The Labute approximate surface area is 153 Å². The molecule has 0 aliphatic carbocycles. The normalized spacial score (nSPS) is 12.9. The standard InChI is InChI=1S/C16H19ClF2N4O3/c1-16(2,3)26-15(25)22-12(7-24)9-4-5-11(17)10(6-9)13-20-8-21-23(13)14(18)19/h4-6,8,12,14,24H,7H2,1-3H3,(H,22,25). The van der Waals surface area contributed by atoms with Gasteiger partial charge in [0.1, 0.15) is 11.9 Å². The first-order chi connectivity index (χ1) is 12.1. The predicted octanol–water partition coefficient (Wildman–Crippen LogP) is 3.55. The largest absolute Gasteiger partial charge is 0.444 e. The summed E-state index contributed by atoms with van der Waals surface area (Å²) in [4.78, 5) is 15.7. The summed E-state index contributed by atoms with van der Waals surface area (Å²) in [6.07, 6.45) is 0.274. The highest BCUT2D eigenvalue weighted by atomic mass is 35.5. The number of aliphatic hydroxyl groups excluding tert-OH is 1. The topological polar surface area (TPSA) is 89.3 Å². The second kappa shape index (κ2) is 7.96. The van der Waals surface area contributed by atoms with Crippen LogP contribution in [0.3, 0.4) is 0 Å². The van der Waals surface area contributed by atoms with Crippen molar-refractivity contribution in [3.8, 4) is 11.4 Å². The molecule has 0 spiro atoms. The van der Waals surface area contributed by atoms with Crippen molar-refractivity contribution in [1.29, 1.82) is 0 Å². The third-order valence-corrected chi connectivity index (χ3v) is 3.59. The van der Waals surface area contributed by atoms with Crippen molar-refractivity contribution >= 4 is 17.7 Å². The molecule has 0 saturated heterocycles. The summed E-state index contributed by atoms with van der Waals surface area (Å²) in [6.45, 7) is 1.80. The van der Waals surface area contributed by atoms with E-state index in [2.05, 4.69) is 15.4 Å². The summed E-state index contributed by atoms with van der Waals surface area (Å²) in [5.41, 5.74) is -0.0591. The Kier molecular flexibility index (Phi) is 6.14. The molecule has 0 aliphatic heterocycles. The van der Waals surface area contributed by atoms with E-state index in [0.717, 1.165) is 6.33 Å². The molecule has 2 aromatic rings. The summed E-state index contributed by atoms with van der Waals surface area (Å²) in [7, 11) is 0. The maximum absolute atomic E-state index is 13.0. The van der Waals surface area contributed by atoms with Gasteiger partial charge in [-0.25, -0.2) is 9.78 Å². The summed E-state index contributed by atoms with van der Waals surface area (Å²) < 4.78 is 31.7. The molecule has 7 nitrogen and oxygen atoms in total. The number of nitrogens with one attached hydrogen (secondary N) is 1. The number of halogens is 3. The molecule has 1 aromatic carbocycles. The van der Waals surface area contributed by atoms with E-state index in [9.17, 15) is 18.7 Å². The minimum Gasteiger partial charge on any atom is -0.444 e. The monoisotopic (exact) mass is 388 g/mol. The number of carbonyl (C=O) groups excluding carboxylic acids is 1. The van der Waals surface area contributed by atoms with Crippen molar-refractivity contribution in [1.82, 2.24) is 20.1 Å². The molecule has 1 atom stereocenters. The van der Waals surface area contributed by atoms with E-state index in [1.54, 1.807) is 26.8 Å². The van der Waals surface area contributed by atoms with Gasteiger partial charge in [0.2, 0.25) is 0 Å². The van der Waals surface area contributed by atoms with Crippen LogP contribution in [0.2, 0.25) is 5.02 Å². The molecular formula is C16H19ClF2N4O3. The second-order valence-corrected chi connectivity index (χ2v) is 6.83. The minimum atomic E-state index is -2.89.